The van der Waals surface area contributed by atoms with Gasteiger partial charge in [0.25, 0.3) is 5.09 Å². The van der Waals surface area contributed by atoms with Crippen molar-refractivity contribution in [2.45, 2.75) is 30.7 Å². The van der Waals surface area contributed by atoms with Gasteiger partial charge in [-0.25, -0.2) is 12.8 Å². The summed E-state index contributed by atoms with van der Waals surface area (Å²) in [5.41, 5.74) is 10.3. The fourth-order valence-corrected chi connectivity index (χ4v) is 4.24. The Hall–Kier alpha value is -3.24. The van der Waals surface area contributed by atoms with Gasteiger partial charge in [-0.05, 0) is 73.4 Å². The van der Waals surface area contributed by atoms with Crippen molar-refractivity contribution in [3.05, 3.63) is 81.8 Å². The fraction of sp³-hybridized carbons (Fsp3) is 0.273. The van der Waals surface area contributed by atoms with Gasteiger partial charge in [0.15, 0.2) is 9.84 Å². The minimum Gasteiger partial charge on any atom is -0.324 e. The van der Waals surface area contributed by atoms with E-state index in [0.717, 1.165) is 34.5 Å². The molecule has 3 rings (SSSR count). The second kappa shape index (κ2) is 9.49. The molecule has 32 heavy (non-hydrogen) atoms. The van der Waals surface area contributed by atoms with Gasteiger partial charge in [-0.15, -0.1) is 10.1 Å². The molecule has 10 heteroatoms. The van der Waals surface area contributed by atoms with Crippen LogP contribution in [0.5, 0.6) is 0 Å². The summed E-state index contributed by atoms with van der Waals surface area (Å²) in [7, 11) is -3.33. The summed E-state index contributed by atoms with van der Waals surface area (Å²) in [5, 5.41) is 9.49. The van der Waals surface area contributed by atoms with Crippen molar-refractivity contribution in [1.82, 2.24) is 4.57 Å². The Bertz CT molecular complexity index is 1210. The molecule has 0 saturated carbocycles. The molecule has 0 aliphatic carbocycles. The van der Waals surface area contributed by atoms with Crippen molar-refractivity contribution in [2.75, 3.05) is 12.9 Å². The van der Waals surface area contributed by atoms with E-state index in [9.17, 15) is 22.9 Å². The fourth-order valence-electron chi connectivity index (χ4n) is 3.61. The van der Waals surface area contributed by atoms with Crippen LogP contribution in [0.2, 0.25) is 0 Å². The molecule has 0 radical (unpaired) electrons. The van der Waals surface area contributed by atoms with Gasteiger partial charge in [0.05, 0.1) is 17.2 Å². The average molecular weight is 462 g/mol. The van der Waals surface area contributed by atoms with Crippen molar-refractivity contribution in [3.8, 4) is 16.9 Å². The van der Waals surface area contributed by atoms with E-state index in [1.165, 1.54) is 24.3 Å². The highest BCUT2D eigenvalue weighted by molar-refractivity contribution is 7.90. The number of benzene rings is 2. The summed E-state index contributed by atoms with van der Waals surface area (Å²) in [4.78, 5) is 14.9. The van der Waals surface area contributed by atoms with Gasteiger partial charge >= 0.3 is 0 Å². The van der Waals surface area contributed by atoms with Crippen LogP contribution < -0.4 is 5.73 Å². The molecule has 1 heterocycles. The van der Waals surface area contributed by atoms with Crippen molar-refractivity contribution >= 4 is 9.84 Å². The van der Waals surface area contributed by atoms with E-state index in [1.54, 1.807) is 24.3 Å². The van der Waals surface area contributed by atoms with Gasteiger partial charge in [-0.2, -0.15) is 0 Å². The molecule has 0 amide bonds. The van der Waals surface area contributed by atoms with Crippen LogP contribution in [0, 0.1) is 22.9 Å². The van der Waals surface area contributed by atoms with Gasteiger partial charge in [0.2, 0.25) is 0 Å². The van der Waals surface area contributed by atoms with Crippen molar-refractivity contribution in [2.24, 2.45) is 5.73 Å². The Kier molecular flexibility index (Phi) is 6.95. The topological polar surface area (TPSA) is 117 Å². The van der Waals surface area contributed by atoms with Crippen LogP contribution in [0.4, 0.5) is 4.39 Å². The molecule has 0 bridgehead atoms. The SMILES string of the molecule is Cc1c([C@@H](N)CCCO[N+](=O)[O-])cc(-c2ccc(S(C)(=O)=O)cc2)n1-c1ccc(F)cc1. The molecule has 1 atom stereocenters. The maximum absolute atomic E-state index is 13.5. The number of hydrogen-bond acceptors (Lipinski definition) is 6. The third-order valence-corrected chi connectivity index (χ3v) is 6.33. The molecule has 0 unspecified atom stereocenters. The Morgan fingerprint density at radius 3 is 2.34 bits per heavy atom. The first kappa shape index (κ1) is 23.4. The van der Waals surface area contributed by atoms with Gasteiger partial charge < -0.3 is 15.1 Å². The first-order valence-corrected chi connectivity index (χ1v) is 11.8. The normalized spacial score (nSPS) is 12.5. The Morgan fingerprint density at radius 2 is 1.78 bits per heavy atom. The van der Waals surface area contributed by atoms with E-state index in [1.807, 2.05) is 17.6 Å². The Balaban J connectivity index is 2.02. The molecule has 0 aliphatic heterocycles. The van der Waals surface area contributed by atoms with Crippen LogP contribution in [-0.4, -0.2) is 30.9 Å². The molecule has 2 N–H and O–H groups in total. The minimum absolute atomic E-state index is 0.0434. The molecule has 0 aliphatic rings. The van der Waals surface area contributed by atoms with E-state index < -0.39 is 21.0 Å². The highest BCUT2D eigenvalue weighted by Crippen LogP contribution is 2.33. The lowest BCUT2D eigenvalue weighted by molar-refractivity contribution is -0.757. The van der Waals surface area contributed by atoms with E-state index in [-0.39, 0.29) is 17.3 Å². The highest BCUT2D eigenvalue weighted by Gasteiger charge is 2.20. The van der Waals surface area contributed by atoms with E-state index in [2.05, 4.69) is 4.84 Å². The minimum atomic E-state index is -3.33. The summed E-state index contributed by atoms with van der Waals surface area (Å²) in [6.45, 7) is 1.85. The third-order valence-electron chi connectivity index (χ3n) is 5.21. The van der Waals surface area contributed by atoms with Gasteiger partial charge in [0, 0.05) is 23.7 Å². The maximum atomic E-state index is 13.5. The molecular weight excluding hydrogens is 437 g/mol. The van der Waals surface area contributed by atoms with Crippen LogP contribution >= 0.6 is 0 Å². The third kappa shape index (κ3) is 5.32. The lowest BCUT2D eigenvalue weighted by Crippen LogP contribution is -2.13. The zero-order valence-electron chi connectivity index (χ0n) is 17.7. The number of aromatic nitrogens is 1. The summed E-state index contributed by atoms with van der Waals surface area (Å²) < 4.78 is 39.0. The molecule has 2 aromatic carbocycles. The smallest absolute Gasteiger partial charge is 0.294 e. The number of rotatable bonds is 9. The number of hydrogen-bond donors (Lipinski definition) is 1. The van der Waals surface area contributed by atoms with Crippen LogP contribution in [0.25, 0.3) is 16.9 Å². The zero-order valence-corrected chi connectivity index (χ0v) is 18.5. The van der Waals surface area contributed by atoms with Crippen LogP contribution in [0.15, 0.2) is 59.5 Å². The average Bonchev–Trinajstić information content (AvgIpc) is 3.08. The molecule has 3 aromatic rings. The second-order valence-corrected chi connectivity index (χ2v) is 9.50. The van der Waals surface area contributed by atoms with Crippen LogP contribution in [0.3, 0.4) is 0 Å². The van der Waals surface area contributed by atoms with Crippen molar-refractivity contribution in [3.63, 3.8) is 0 Å². The lowest BCUT2D eigenvalue weighted by atomic mass is 10.0. The predicted octanol–water partition coefficient (Wildman–Crippen LogP) is 3.98. The lowest BCUT2D eigenvalue weighted by Gasteiger charge is -2.14. The summed E-state index contributed by atoms with van der Waals surface area (Å²) >= 11 is 0. The number of nitrogens with two attached hydrogens (primary N) is 1. The van der Waals surface area contributed by atoms with Gasteiger partial charge in [-0.1, -0.05) is 12.1 Å². The molecule has 8 nitrogen and oxygen atoms in total. The Morgan fingerprint density at radius 1 is 1.16 bits per heavy atom. The summed E-state index contributed by atoms with van der Waals surface area (Å²) in [6, 6.07) is 14.0. The molecule has 1 aromatic heterocycles. The summed E-state index contributed by atoms with van der Waals surface area (Å²) in [5.74, 6) is -0.361. The highest BCUT2D eigenvalue weighted by atomic mass is 32.2. The van der Waals surface area contributed by atoms with Gasteiger partial charge in [0.1, 0.15) is 5.82 Å². The second-order valence-electron chi connectivity index (χ2n) is 7.48. The predicted molar refractivity (Wildman–Crippen MR) is 118 cm³/mol. The largest absolute Gasteiger partial charge is 0.324 e. The van der Waals surface area contributed by atoms with Crippen molar-refractivity contribution < 1.29 is 22.7 Å². The van der Waals surface area contributed by atoms with E-state index >= 15 is 0 Å². The quantitative estimate of drug-likeness (QED) is 0.293. The molecule has 0 spiro atoms. The van der Waals surface area contributed by atoms with Crippen molar-refractivity contribution in [1.29, 1.82) is 0 Å². The molecule has 170 valence electrons. The zero-order chi connectivity index (χ0) is 23.5. The van der Waals surface area contributed by atoms with Gasteiger partial charge in [-0.3, -0.25) is 0 Å². The Labute approximate surface area is 185 Å². The monoisotopic (exact) mass is 461 g/mol. The standard InChI is InChI=1S/C22H24FN3O5S/c1-15-20(21(24)4-3-13-31-26(27)28)14-22(25(15)18-9-7-17(23)8-10-18)16-5-11-19(12-6-16)32(2,29)30/h5-12,14,21H,3-4,13,24H2,1-2H3/t21-/m0/s1. The number of halogens is 1. The molecule has 0 fully saturated rings. The van der Waals surface area contributed by atoms with E-state index in [4.69, 9.17) is 5.73 Å². The molecule has 0 saturated heterocycles. The van der Waals surface area contributed by atoms with Crippen LogP contribution in [0.1, 0.15) is 30.1 Å². The first-order valence-electron chi connectivity index (χ1n) is 9.89. The first-order chi connectivity index (χ1) is 15.1. The van der Waals surface area contributed by atoms with Crippen LogP contribution in [-0.2, 0) is 14.7 Å². The molecular formula is C22H24FN3O5S. The van der Waals surface area contributed by atoms with E-state index in [0.29, 0.717) is 12.8 Å². The maximum Gasteiger partial charge on any atom is 0.294 e. The number of sulfone groups is 1. The summed E-state index contributed by atoms with van der Waals surface area (Å²) in [6.07, 6.45) is 2.02. The number of nitrogens with zero attached hydrogens (tertiary/aromatic N) is 2.